The monoisotopic (exact) mass is 496 g/mol. The first kappa shape index (κ1) is 29.5. The number of aromatic amines is 1. The maximum absolute atomic E-state index is 13.0. The van der Waals surface area contributed by atoms with E-state index in [4.69, 9.17) is 17.2 Å². The van der Waals surface area contributed by atoms with Crippen molar-refractivity contribution < 1.29 is 29.1 Å². The third-order valence-corrected chi connectivity index (χ3v) is 5.18. The highest BCUT2D eigenvalue weighted by molar-refractivity contribution is 5.95. The lowest BCUT2D eigenvalue weighted by atomic mass is 10.0. The summed E-state index contributed by atoms with van der Waals surface area (Å²) in [5.41, 5.74) is 16.7. The van der Waals surface area contributed by atoms with E-state index < -0.39 is 66.1 Å². The van der Waals surface area contributed by atoms with E-state index >= 15 is 0 Å². The van der Waals surface area contributed by atoms with E-state index in [1.54, 1.807) is 13.8 Å². The van der Waals surface area contributed by atoms with Crippen molar-refractivity contribution in [2.45, 2.75) is 70.1 Å². The fourth-order valence-electron chi connectivity index (χ4n) is 3.21. The first-order valence-electron chi connectivity index (χ1n) is 11.3. The van der Waals surface area contributed by atoms with Crippen LogP contribution in [0.5, 0.6) is 0 Å². The fourth-order valence-corrected chi connectivity index (χ4v) is 3.21. The first-order valence-corrected chi connectivity index (χ1v) is 11.3. The van der Waals surface area contributed by atoms with Gasteiger partial charge in [-0.1, -0.05) is 13.8 Å². The van der Waals surface area contributed by atoms with Gasteiger partial charge in [-0.15, -0.1) is 0 Å². The molecule has 0 saturated carbocycles. The van der Waals surface area contributed by atoms with Gasteiger partial charge in [0.2, 0.25) is 23.6 Å². The normalized spacial score (nSPS) is 14.4. The molecule has 1 rings (SSSR count). The van der Waals surface area contributed by atoms with E-state index in [0.29, 0.717) is 25.1 Å². The average molecular weight is 497 g/mol. The Morgan fingerprint density at radius 1 is 1.03 bits per heavy atom. The van der Waals surface area contributed by atoms with Crippen molar-refractivity contribution in [3.8, 4) is 0 Å². The zero-order valence-corrected chi connectivity index (χ0v) is 20.0. The second-order valence-corrected chi connectivity index (χ2v) is 8.53. The number of aliphatic carboxylic acids is 1. The molecule has 14 nitrogen and oxygen atoms in total. The summed E-state index contributed by atoms with van der Waals surface area (Å²) in [5, 5.41) is 17.0. The molecule has 35 heavy (non-hydrogen) atoms. The lowest BCUT2D eigenvalue weighted by Gasteiger charge is -2.26. The number of nitrogens with one attached hydrogen (secondary N) is 4. The fraction of sp³-hybridized carbons (Fsp3) is 0.619. The molecule has 0 aliphatic heterocycles. The van der Waals surface area contributed by atoms with Gasteiger partial charge in [-0.3, -0.25) is 19.2 Å². The summed E-state index contributed by atoms with van der Waals surface area (Å²) in [6.45, 7) is 3.74. The summed E-state index contributed by atoms with van der Waals surface area (Å²) in [6.07, 6.45) is 3.73. The number of hydrogen-bond acceptors (Lipinski definition) is 8. The van der Waals surface area contributed by atoms with Crippen molar-refractivity contribution in [3.63, 3.8) is 0 Å². The highest BCUT2D eigenvalue weighted by Crippen LogP contribution is 2.07. The van der Waals surface area contributed by atoms with E-state index in [9.17, 15) is 29.1 Å². The maximum Gasteiger partial charge on any atom is 0.326 e. The second kappa shape index (κ2) is 14.7. The van der Waals surface area contributed by atoms with Crippen LogP contribution in [-0.4, -0.2) is 75.4 Å². The van der Waals surface area contributed by atoms with Gasteiger partial charge in [0, 0.05) is 18.3 Å². The van der Waals surface area contributed by atoms with Crippen molar-refractivity contribution in [2.24, 2.45) is 23.1 Å². The number of hydrogen-bond donors (Lipinski definition) is 8. The molecular formula is C21H36N8O6. The standard InChI is InChI=1S/C21H36N8O6/c1-11(2)17(29-18(31)13(23)8-16(24)30)20(33)28-15(7-12-9-25-10-26-12)19(32)27-14(21(34)35)5-3-4-6-22/h9-11,13-15,17H,3-8,22-23H2,1-2H3,(H2,24,30)(H,25,26)(H,27,32)(H,28,33)(H,29,31)(H,34,35). The van der Waals surface area contributed by atoms with E-state index in [2.05, 4.69) is 25.9 Å². The van der Waals surface area contributed by atoms with Gasteiger partial charge in [-0.25, -0.2) is 9.78 Å². The van der Waals surface area contributed by atoms with Crippen LogP contribution >= 0.6 is 0 Å². The molecule has 0 spiro atoms. The van der Waals surface area contributed by atoms with E-state index in [1.165, 1.54) is 12.5 Å². The summed E-state index contributed by atoms with van der Waals surface area (Å²) in [7, 11) is 0. The number of carboxylic acid groups (broad SMARTS) is 1. The molecule has 196 valence electrons. The van der Waals surface area contributed by atoms with Gasteiger partial charge in [0.05, 0.1) is 18.8 Å². The van der Waals surface area contributed by atoms with Gasteiger partial charge in [0.15, 0.2) is 0 Å². The van der Waals surface area contributed by atoms with Crippen LogP contribution in [0.15, 0.2) is 12.5 Å². The highest BCUT2D eigenvalue weighted by Gasteiger charge is 2.32. The SMILES string of the molecule is CC(C)C(NC(=O)C(N)CC(N)=O)C(=O)NC(Cc1cnc[nH]1)C(=O)NC(CCCCN)C(=O)O. The van der Waals surface area contributed by atoms with Crippen molar-refractivity contribution in [1.82, 2.24) is 25.9 Å². The van der Waals surface area contributed by atoms with Gasteiger partial charge < -0.3 is 43.2 Å². The summed E-state index contributed by atoms with van der Waals surface area (Å²) in [4.78, 5) is 67.7. The van der Waals surface area contributed by atoms with Crippen LogP contribution in [0.3, 0.4) is 0 Å². The smallest absolute Gasteiger partial charge is 0.326 e. The largest absolute Gasteiger partial charge is 0.480 e. The third-order valence-electron chi connectivity index (χ3n) is 5.18. The van der Waals surface area contributed by atoms with Crippen LogP contribution < -0.4 is 33.2 Å². The van der Waals surface area contributed by atoms with Crippen LogP contribution in [0.2, 0.25) is 0 Å². The molecule has 0 aliphatic rings. The molecule has 0 radical (unpaired) electrons. The summed E-state index contributed by atoms with van der Waals surface area (Å²) < 4.78 is 0. The Balaban J connectivity index is 3.00. The van der Waals surface area contributed by atoms with Crippen molar-refractivity contribution >= 4 is 29.6 Å². The minimum absolute atomic E-state index is 0.00728. The minimum Gasteiger partial charge on any atom is -0.480 e. The quantitative estimate of drug-likeness (QED) is 0.112. The van der Waals surface area contributed by atoms with Gasteiger partial charge >= 0.3 is 5.97 Å². The molecule has 4 unspecified atom stereocenters. The van der Waals surface area contributed by atoms with E-state index in [1.807, 2.05) is 0 Å². The van der Waals surface area contributed by atoms with Gasteiger partial charge in [0.1, 0.15) is 18.1 Å². The number of carbonyl (C=O) groups excluding carboxylic acids is 4. The van der Waals surface area contributed by atoms with Crippen LogP contribution in [0.25, 0.3) is 0 Å². The number of amides is 4. The summed E-state index contributed by atoms with van der Waals surface area (Å²) in [6, 6.07) is -4.66. The summed E-state index contributed by atoms with van der Waals surface area (Å²) in [5.74, 6) is -4.54. The molecule has 4 atom stereocenters. The van der Waals surface area contributed by atoms with Crippen LogP contribution in [-0.2, 0) is 30.4 Å². The van der Waals surface area contributed by atoms with Crippen LogP contribution in [0.1, 0.15) is 45.2 Å². The number of aromatic nitrogens is 2. The lowest BCUT2D eigenvalue weighted by molar-refractivity contribution is -0.142. The number of nitrogens with zero attached hydrogens (tertiary/aromatic N) is 1. The lowest BCUT2D eigenvalue weighted by Crippen LogP contribution is -2.59. The molecule has 1 heterocycles. The number of imidazole rings is 1. The molecule has 0 aliphatic carbocycles. The Morgan fingerprint density at radius 2 is 1.69 bits per heavy atom. The molecule has 1 aromatic rings. The molecule has 0 fully saturated rings. The van der Waals surface area contributed by atoms with E-state index in [-0.39, 0.29) is 12.8 Å². The predicted octanol–water partition coefficient (Wildman–Crippen LogP) is -2.52. The zero-order chi connectivity index (χ0) is 26.5. The molecule has 11 N–H and O–H groups in total. The minimum atomic E-state index is -1.24. The topological polar surface area (TPSA) is 248 Å². The number of rotatable bonds is 16. The molecule has 1 aromatic heterocycles. The zero-order valence-electron chi connectivity index (χ0n) is 20.0. The van der Waals surface area contributed by atoms with Crippen LogP contribution in [0.4, 0.5) is 0 Å². The molecule has 4 amide bonds. The number of nitrogens with two attached hydrogens (primary N) is 3. The molecular weight excluding hydrogens is 460 g/mol. The third kappa shape index (κ3) is 10.5. The Kier molecular flexibility index (Phi) is 12.4. The highest BCUT2D eigenvalue weighted by atomic mass is 16.4. The summed E-state index contributed by atoms with van der Waals surface area (Å²) >= 11 is 0. The van der Waals surface area contributed by atoms with Crippen molar-refractivity contribution in [1.29, 1.82) is 0 Å². The number of carbonyl (C=O) groups is 5. The molecule has 0 aromatic carbocycles. The Bertz CT molecular complexity index is 860. The number of unbranched alkanes of at least 4 members (excludes halogenated alkanes) is 1. The first-order chi connectivity index (χ1) is 16.5. The Morgan fingerprint density at radius 3 is 2.20 bits per heavy atom. The Hall–Kier alpha value is -3.52. The average Bonchev–Trinajstić information content (AvgIpc) is 3.28. The van der Waals surface area contributed by atoms with Crippen molar-refractivity contribution in [2.75, 3.05) is 6.54 Å². The number of H-pyrrole nitrogens is 1. The number of carboxylic acids is 1. The van der Waals surface area contributed by atoms with Gasteiger partial charge in [-0.2, -0.15) is 0 Å². The molecule has 0 bridgehead atoms. The second-order valence-electron chi connectivity index (χ2n) is 8.53. The van der Waals surface area contributed by atoms with Gasteiger partial charge in [-0.05, 0) is 31.7 Å². The number of primary amides is 1. The van der Waals surface area contributed by atoms with Crippen molar-refractivity contribution in [3.05, 3.63) is 18.2 Å². The maximum atomic E-state index is 13.0. The Labute approximate surface area is 203 Å². The molecule has 0 saturated heterocycles. The van der Waals surface area contributed by atoms with Gasteiger partial charge in [0.25, 0.3) is 0 Å². The van der Waals surface area contributed by atoms with Crippen LogP contribution in [0, 0.1) is 5.92 Å². The van der Waals surface area contributed by atoms with E-state index in [0.717, 1.165) is 0 Å². The molecule has 14 heteroatoms. The predicted molar refractivity (Wildman–Crippen MR) is 125 cm³/mol.